The molecule has 0 saturated heterocycles. The number of hydrogen-bond donors (Lipinski definition) is 1. The van der Waals surface area contributed by atoms with Crippen molar-refractivity contribution in [1.29, 1.82) is 0 Å². The number of anilines is 1. The Morgan fingerprint density at radius 3 is 2.38 bits per heavy atom. The van der Waals surface area contributed by atoms with Crippen LogP contribution in [0, 0.1) is 5.92 Å². The lowest BCUT2D eigenvalue weighted by atomic mass is 9.88. The lowest BCUT2D eigenvalue weighted by Crippen LogP contribution is -2.41. The molecular formula is C25H36N4O3. The molecule has 3 rings (SSSR count). The van der Waals surface area contributed by atoms with Crippen LogP contribution in [0.15, 0.2) is 30.3 Å². The Morgan fingerprint density at radius 1 is 1.16 bits per heavy atom. The SMILES string of the molecule is CCN(CC(=O)Nc1cc(C(C)(C)C)nn1-c1ccc(OC)cc1)C(=O)C1CCCCC1. The molecule has 32 heavy (non-hydrogen) atoms. The second-order valence-corrected chi connectivity index (χ2v) is 9.51. The van der Waals surface area contributed by atoms with E-state index in [9.17, 15) is 9.59 Å². The molecule has 0 atom stereocenters. The lowest BCUT2D eigenvalue weighted by Gasteiger charge is -2.28. The average Bonchev–Trinajstić information content (AvgIpc) is 3.22. The number of ether oxygens (including phenoxy) is 1. The zero-order valence-electron chi connectivity index (χ0n) is 20.0. The van der Waals surface area contributed by atoms with Crippen LogP contribution in [-0.2, 0) is 15.0 Å². The number of likely N-dealkylation sites (N-methyl/N-ethyl adjacent to an activating group) is 1. The van der Waals surface area contributed by atoms with Crippen LogP contribution >= 0.6 is 0 Å². The van der Waals surface area contributed by atoms with Gasteiger partial charge in [0.2, 0.25) is 11.8 Å². The van der Waals surface area contributed by atoms with E-state index < -0.39 is 0 Å². The molecule has 2 aromatic rings. The first-order valence-electron chi connectivity index (χ1n) is 11.6. The molecule has 1 N–H and O–H groups in total. The number of carbonyl (C=O) groups is 2. The molecule has 1 saturated carbocycles. The second-order valence-electron chi connectivity index (χ2n) is 9.51. The Kier molecular flexibility index (Phi) is 7.59. The van der Waals surface area contributed by atoms with Gasteiger partial charge in [-0.2, -0.15) is 5.10 Å². The smallest absolute Gasteiger partial charge is 0.245 e. The quantitative estimate of drug-likeness (QED) is 0.685. The molecule has 1 aliphatic rings. The van der Waals surface area contributed by atoms with Crippen LogP contribution in [-0.4, -0.2) is 46.7 Å². The highest BCUT2D eigenvalue weighted by Gasteiger charge is 2.27. The summed E-state index contributed by atoms with van der Waals surface area (Å²) < 4.78 is 6.98. The molecule has 0 bridgehead atoms. The third-order valence-corrected chi connectivity index (χ3v) is 6.04. The van der Waals surface area contributed by atoms with Gasteiger partial charge in [0.05, 0.1) is 25.0 Å². The van der Waals surface area contributed by atoms with Gasteiger partial charge in [0.25, 0.3) is 0 Å². The number of methoxy groups -OCH3 is 1. The van der Waals surface area contributed by atoms with Crippen molar-refractivity contribution in [3.8, 4) is 11.4 Å². The second kappa shape index (κ2) is 10.2. The van der Waals surface area contributed by atoms with Crippen LogP contribution in [0.3, 0.4) is 0 Å². The highest BCUT2D eigenvalue weighted by atomic mass is 16.5. The first-order valence-corrected chi connectivity index (χ1v) is 11.6. The normalized spacial score (nSPS) is 14.8. The Balaban J connectivity index is 1.79. The number of hydrogen-bond acceptors (Lipinski definition) is 4. The molecule has 0 aliphatic heterocycles. The van der Waals surface area contributed by atoms with Crippen LogP contribution in [0.1, 0.15) is 65.5 Å². The van der Waals surface area contributed by atoms with Crippen LogP contribution in [0.25, 0.3) is 5.69 Å². The van der Waals surface area contributed by atoms with Gasteiger partial charge in [0, 0.05) is 23.9 Å². The Labute approximate surface area is 191 Å². The summed E-state index contributed by atoms with van der Waals surface area (Å²) in [7, 11) is 1.63. The van der Waals surface area contributed by atoms with Gasteiger partial charge in [-0.15, -0.1) is 0 Å². The average molecular weight is 441 g/mol. The molecule has 0 radical (unpaired) electrons. The van der Waals surface area contributed by atoms with E-state index in [1.165, 1.54) is 6.42 Å². The summed E-state index contributed by atoms with van der Waals surface area (Å²) in [4.78, 5) is 27.5. The van der Waals surface area contributed by atoms with Gasteiger partial charge in [0.15, 0.2) is 0 Å². The summed E-state index contributed by atoms with van der Waals surface area (Å²) in [5.74, 6) is 1.27. The van der Waals surface area contributed by atoms with Crippen molar-refractivity contribution in [2.75, 3.05) is 25.5 Å². The molecule has 0 unspecified atom stereocenters. The van der Waals surface area contributed by atoms with Gasteiger partial charge in [-0.1, -0.05) is 40.0 Å². The monoisotopic (exact) mass is 440 g/mol. The van der Waals surface area contributed by atoms with Gasteiger partial charge in [-0.05, 0) is 44.0 Å². The van der Waals surface area contributed by atoms with Crippen LogP contribution in [0.4, 0.5) is 5.82 Å². The Morgan fingerprint density at radius 2 is 1.81 bits per heavy atom. The van der Waals surface area contributed by atoms with E-state index in [-0.39, 0.29) is 29.7 Å². The van der Waals surface area contributed by atoms with E-state index in [1.807, 2.05) is 37.3 Å². The molecule has 1 aliphatic carbocycles. The largest absolute Gasteiger partial charge is 0.497 e. The Hall–Kier alpha value is -2.83. The summed E-state index contributed by atoms with van der Waals surface area (Å²) in [5.41, 5.74) is 1.51. The minimum Gasteiger partial charge on any atom is -0.497 e. The highest BCUT2D eigenvalue weighted by molar-refractivity contribution is 5.94. The minimum atomic E-state index is -0.217. The van der Waals surface area contributed by atoms with Crippen LogP contribution < -0.4 is 10.1 Å². The van der Waals surface area contributed by atoms with E-state index in [0.29, 0.717) is 12.4 Å². The number of nitrogens with one attached hydrogen (secondary N) is 1. The topological polar surface area (TPSA) is 76.5 Å². The van der Waals surface area contributed by atoms with Gasteiger partial charge in [-0.3, -0.25) is 9.59 Å². The van der Waals surface area contributed by atoms with Gasteiger partial charge >= 0.3 is 0 Å². The first kappa shape index (κ1) is 23.8. The number of amides is 2. The predicted octanol–water partition coefficient (Wildman–Crippen LogP) is 4.55. The van der Waals surface area contributed by atoms with E-state index in [0.717, 1.165) is 42.8 Å². The minimum absolute atomic E-state index is 0.0461. The van der Waals surface area contributed by atoms with E-state index in [1.54, 1.807) is 16.7 Å². The fourth-order valence-corrected chi connectivity index (χ4v) is 4.07. The van der Waals surface area contributed by atoms with Crippen molar-refractivity contribution in [3.05, 3.63) is 36.0 Å². The molecule has 2 amide bonds. The molecule has 174 valence electrons. The maximum absolute atomic E-state index is 12.9. The zero-order valence-corrected chi connectivity index (χ0v) is 20.0. The number of aromatic nitrogens is 2. The van der Waals surface area contributed by atoms with Crippen molar-refractivity contribution < 1.29 is 14.3 Å². The van der Waals surface area contributed by atoms with Crippen molar-refractivity contribution in [3.63, 3.8) is 0 Å². The van der Waals surface area contributed by atoms with Crippen LogP contribution in [0.5, 0.6) is 5.75 Å². The van der Waals surface area contributed by atoms with Gasteiger partial charge in [0.1, 0.15) is 11.6 Å². The molecule has 1 heterocycles. The highest BCUT2D eigenvalue weighted by Crippen LogP contribution is 2.28. The maximum atomic E-state index is 12.9. The van der Waals surface area contributed by atoms with Crippen molar-refractivity contribution >= 4 is 17.6 Å². The number of carbonyl (C=O) groups excluding carboxylic acids is 2. The van der Waals surface area contributed by atoms with Crippen molar-refractivity contribution in [2.45, 2.75) is 65.2 Å². The molecule has 7 heteroatoms. The summed E-state index contributed by atoms with van der Waals surface area (Å²) >= 11 is 0. The molecule has 1 fully saturated rings. The molecule has 0 spiro atoms. The van der Waals surface area contributed by atoms with Crippen molar-refractivity contribution in [2.24, 2.45) is 5.92 Å². The summed E-state index contributed by atoms with van der Waals surface area (Å²) in [6.45, 7) is 8.74. The zero-order chi connectivity index (χ0) is 23.3. The molecular weight excluding hydrogens is 404 g/mol. The standard InChI is InChI=1S/C25H36N4O3/c1-6-28(24(31)18-10-8-7-9-11-18)17-23(30)26-22-16-21(25(2,3)4)27-29(22)19-12-14-20(32-5)15-13-19/h12-16,18H,6-11,17H2,1-5H3,(H,26,30). The Bertz CT molecular complexity index is 922. The van der Waals surface area contributed by atoms with E-state index in [2.05, 4.69) is 26.1 Å². The van der Waals surface area contributed by atoms with E-state index >= 15 is 0 Å². The van der Waals surface area contributed by atoms with Crippen LogP contribution in [0.2, 0.25) is 0 Å². The number of benzene rings is 1. The van der Waals surface area contributed by atoms with Gasteiger partial charge in [-0.25, -0.2) is 4.68 Å². The lowest BCUT2D eigenvalue weighted by molar-refractivity contribution is -0.139. The number of rotatable bonds is 7. The van der Waals surface area contributed by atoms with Gasteiger partial charge < -0.3 is 15.0 Å². The van der Waals surface area contributed by atoms with E-state index in [4.69, 9.17) is 9.84 Å². The van der Waals surface area contributed by atoms with Crippen molar-refractivity contribution in [1.82, 2.24) is 14.7 Å². The third-order valence-electron chi connectivity index (χ3n) is 6.04. The fraction of sp³-hybridized carbons (Fsp3) is 0.560. The third kappa shape index (κ3) is 5.69. The maximum Gasteiger partial charge on any atom is 0.245 e. The first-order chi connectivity index (χ1) is 15.2. The molecule has 1 aromatic carbocycles. The predicted molar refractivity (Wildman–Crippen MR) is 126 cm³/mol. The number of nitrogens with zero attached hydrogens (tertiary/aromatic N) is 3. The summed E-state index contributed by atoms with van der Waals surface area (Å²) in [6, 6.07) is 9.43. The summed E-state index contributed by atoms with van der Waals surface area (Å²) in [5, 5.41) is 7.74. The summed E-state index contributed by atoms with van der Waals surface area (Å²) in [6.07, 6.45) is 5.24. The molecule has 7 nitrogen and oxygen atoms in total. The molecule has 1 aromatic heterocycles. The fourth-order valence-electron chi connectivity index (χ4n) is 4.07.